The standard InChI is InChI=1S/C18H18Cl2N2O2/c19-11-15(23)21-17(13-7-3-1-4-8-13)18(22-16(24)12-20)14-9-5-2-6-10-14/h1-10,17-18H,11-12H2,(H,21,23)(H,22,24). The molecule has 0 saturated carbocycles. The van der Waals surface area contributed by atoms with E-state index in [1.54, 1.807) is 0 Å². The molecule has 126 valence electrons. The van der Waals surface area contributed by atoms with Gasteiger partial charge in [-0.25, -0.2) is 0 Å². The fraction of sp³-hybridized carbons (Fsp3) is 0.222. The fourth-order valence-electron chi connectivity index (χ4n) is 2.46. The first-order chi connectivity index (χ1) is 11.7. The quantitative estimate of drug-likeness (QED) is 0.741. The number of hydrogen-bond acceptors (Lipinski definition) is 2. The summed E-state index contributed by atoms with van der Waals surface area (Å²) in [4.78, 5) is 23.8. The molecule has 0 fully saturated rings. The SMILES string of the molecule is O=C(CCl)NC(c1ccccc1)C(NC(=O)CCl)c1ccccc1. The van der Waals surface area contributed by atoms with Gasteiger partial charge in [0.15, 0.2) is 0 Å². The predicted octanol–water partition coefficient (Wildman–Crippen LogP) is 3.18. The Hall–Kier alpha value is -2.04. The molecule has 0 spiro atoms. The number of amides is 2. The van der Waals surface area contributed by atoms with Crippen molar-refractivity contribution in [2.45, 2.75) is 12.1 Å². The lowest BCUT2D eigenvalue weighted by atomic mass is 9.93. The van der Waals surface area contributed by atoms with Crippen molar-refractivity contribution in [3.63, 3.8) is 0 Å². The van der Waals surface area contributed by atoms with Crippen molar-refractivity contribution >= 4 is 35.0 Å². The summed E-state index contributed by atoms with van der Waals surface area (Å²) in [5.74, 6) is -0.944. The number of alkyl halides is 2. The fourth-order valence-corrected chi connectivity index (χ4v) is 2.62. The molecule has 24 heavy (non-hydrogen) atoms. The van der Waals surface area contributed by atoms with Crippen molar-refractivity contribution in [2.24, 2.45) is 0 Å². The largest absolute Gasteiger partial charge is 0.346 e. The van der Waals surface area contributed by atoms with Crippen LogP contribution in [0.2, 0.25) is 0 Å². The predicted molar refractivity (Wildman–Crippen MR) is 96.1 cm³/mol. The summed E-state index contributed by atoms with van der Waals surface area (Å²) in [6.07, 6.45) is 0. The molecule has 2 rings (SSSR count). The minimum atomic E-state index is -0.466. The highest BCUT2D eigenvalue weighted by Gasteiger charge is 2.27. The molecular weight excluding hydrogens is 347 g/mol. The summed E-state index contributed by atoms with van der Waals surface area (Å²) in [5.41, 5.74) is 1.72. The number of nitrogens with one attached hydrogen (secondary N) is 2. The highest BCUT2D eigenvalue weighted by Crippen LogP contribution is 2.29. The Morgan fingerprint density at radius 2 is 1.04 bits per heavy atom. The van der Waals surface area contributed by atoms with Crippen LogP contribution >= 0.6 is 23.2 Å². The zero-order chi connectivity index (χ0) is 17.4. The summed E-state index contributed by atoms with van der Waals surface area (Å²) in [7, 11) is 0. The zero-order valence-electron chi connectivity index (χ0n) is 12.9. The molecule has 2 atom stereocenters. The topological polar surface area (TPSA) is 58.2 Å². The van der Waals surface area contributed by atoms with Crippen molar-refractivity contribution in [2.75, 3.05) is 11.8 Å². The molecule has 2 aromatic carbocycles. The Balaban J connectivity index is 2.42. The molecule has 0 radical (unpaired) electrons. The van der Waals surface area contributed by atoms with E-state index in [9.17, 15) is 9.59 Å². The van der Waals surface area contributed by atoms with Gasteiger partial charge in [0.1, 0.15) is 11.8 Å². The number of halogens is 2. The maximum Gasteiger partial charge on any atom is 0.235 e. The molecule has 2 amide bonds. The molecule has 0 aliphatic heterocycles. The molecule has 0 heterocycles. The van der Waals surface area contributed by atoms with Crippen LogP contribution in [0, 0.1) is 0 Å². The van der Waals surface area contributed by atoms with Gasteiger partial charge in [-0.2, -0.15) is 0 Å². The third-order valence-corrected chi connectivity index (χ3v) is 4.01. The summed E-state index contributed by atoms with van der Waals surface area (Å²) in [6, 6.07) is 17.9. The van der Waals surface area contributed by atoms with Gasteiger partial charge < -0.3 is 10.6 Å². The van der Waals surface area contributed by atoms with E-state index in [1.807, 2.05) is 60.7 Å². The molecule has 2 unspecified atom stereocenters. The Morgan fingerprint density at radius 3 is 1.33 bits per heavy atom. The van der Waals surface area contributed by atoms with Gasteiger partial charge in [0.05, 0.1) is 12.1 Å². The van der Waals surface area contributed by atoms with Gasteiger partial charge in [0.25, 0.3) is 0 Å². The Bertz CT molecular complexity index is 606. The Kier molecular flexibility index (Phi) is 7.09. The minimum absolute atomic E-state index is 0.158. The van der Waals surface area contributed by atoms with Crippen LogP contribution in [-0.4, -0.2) is 23.6 Å². The van der Waals surface area contributed by atoms with Crippen LogP contribution in [0.25, 0.3) is 0 Å². The van der Waals surface area contributed by atoms with Crippen molar-refractivity contribution in [3.8, 4) is 0 Å². The lowest BCUT2D eigenvalue weighted by Crippen LogP contribution is -2.41. The first-order valence-corrected chi connectivity index (χ1v) is 8.53. The molecule has 0 aliphatic rings. The van der Waals surface area contributed by atoms with E-state index in [-0.39, 0.29) is 23.6 Å². The lowest BCUT2D eigenvalue weighted by molar-refractivity contribution is -0.122. The van der Waals surface area contributed by atoms with Crippen LogP contribution in [0.4, 0.5) is 0 Å². The van der Waals surface area contributed by atoms with E-state index >= 15 is 0 Å². The molecule has 2 aromatic rings. The molecule has 0 saturated heterocycles. The van der Waals surface area contributed by atoms with Gasteiger partial charge in [-0.3, -0.25) is 9.59 Å². The van der Waals surface area contributed by atoms with E-state index in [4.69, 9.17) is 23.2 Å². The molecule has 4 nitrogen and oxygen atoms in total. The van der Waals surface area contributed by atoms with E-state index in [2.05, 4.69) is 10.6 Å². The van der Waals surface area contributed by atoms with E-state index < -0.39 is 12.1 Å². The van der Waals surface area contributed by atoms with Gasteiger partial charge in [0.2, 0.25) is 11.8 Å². The second kappa shape index (κ2) is 9.30. The van der Waals surface area contributed by atoms with Crippen LogP contribution in [-0.2, 0) is 9.59 Å². The average Bonchev–Trinajstić information content (AvgIpc) is 2.65. The van der Waals surface area contributed by atoms with Gasteiger partial charge >= 0.3 is 0 Å². The third-order valence-electron chi connectivity index (χ3n) is 3.53. The number of benzene rings is 2. The first kappa shape index (κ1) is 18.3. The van der Waals surface area contributed by atoms with Crippen LogP contribution in [0.1, 0.15) is 23.2 Å². The van der Waals surface area contributed by atoms with Gasteiger partial charge in [-0.05, 0) is 11.1 Å². The monoisotopic (exact) mass is 364 g/mol. The summed E-state index contributed by atoms with van der Waals surface area (Å²) in [5, 5.41) is 5.76. The first-order valence-electron chi connectivity index (χ1n) is 7.46. The smallest absolute Gasteiger partial charge is 0.235 e. The van der Waals surface area contributed by atoms with Crippen molar-refractivity contribution < 1.29 is 9.59 Å². The maximum atomic E-state index is 11.9. The van der Waals surface area contributed by atoms with Crippen molar-refractivity contribution in [1.82, 2.24) is 10.6 Å². The van der Waals surface area contributed by atoms with Gasteiger partial charge in [-0.15, -0.1) is 23.2 Å². The van der Waals surface area contributed by atoms with Crippen LogP contribution < -0.4 is 10.6 Å². The lowest BCUT2D eigenvalue weighted by Gasteiger charge is -2.29. The van der Waals surface area contributed by atoms with Crippen LogP contribution in [0.3, 0.4) is 0 Å². The number of carbonyl (C=O) groups excluding carboxylic acids is 2. The molecule has 2 N–H and O–H groups in total. The minimum Gasteiger partial charge on any atom is -0.346 e. The summed E-state index contributed by atoms with van der Waals surface area (Å²) in [6.45, 7) is 0. The third kappa shape index (κ3) is 4.98. The molecular formula is C18H18Cl2N2O2. The number of hydrogen-bond donors (Lipinski definition) is 2. The molecule has 0 bridgehead atoms. The zero-order valence-corrected chi connectivity index (χ0v) is 14.4. The Labute approximate surface area is 151 Å². The van der Waals surface area contributed by atoms with E-state index in [1.165, 1.54) is 0 Å². The second-order valence-corrected chi connectivity index (χ2v) is 5.71. The van der Waals surface area contributed by atoms with Gasteiger partial charge in [-0.1, -0.05) is 60.7 Å². The maximum absolute atomic E-state index is 11.9. The number of rotatable bonds is 7. The van der Waals surface area contributed by atoms with E-state index in [0.29, 0.717) is 0 Å². The van der Waals surface area contributed by atoms with Crippen molar-refractivity contribution in [3.05, 3.63) is 71.8 Å². The normalized spacial score (nSPS) is 12.9. The summed E-state index contributed by atoms with van der Waals surface area (Å²) < 4.78 is 0. The molecule has 0 aliphatic carbocycles. The van der Waals surface area contributed by atoms with Gasteiger partial charge in [0, 0.05) is 0 Å². The Morgan fingerprint density at radius 1 is 0.708 bits per heavy atom. The van der Waals surface area contributed by atoms with Crippen molar-refractivity contribution in [1.29, 1.82) is 0 Å². The average molecular weight is 365 g/mol. The second-order valence-electron chi connectivity index (χ2n) is 5.18. The molecule has 6 heteroatoms. The highest BCUT2D eigenvalue weighted by molar-refractivity contribution is 6.27. The van der Waals surface area contributed by atoms with Crippen LogP contribution in [0.15, 0.2) is 60.7 Å². The number of carbonyl (C=O) groups is 2. The highest BCUT2D eigenvalue weighted by atomic mass is 35.5. The molecule has 0 aromatic heterocycles. The van der Waals surface area contributed by atoms with E-state index in [0.717, 1.165) is 11.1 Å². The van der Waals surface area contributed by atoms with Crippen LogP contribution in [0.5, 0.6) is 0 Å². The summed E-state index contributed by atoms with van der Waals surface area (Å²) >= 11 is 11.3.